The molecule has 0 aliphatic rings. The third-order valence-corrected chi connectivity index (χ3v) is 1.25. The number of hydrogen-bond acceptors (Lipinski definition) is 2. The lowest BCUT2D eigenvalue weighted by Crippen LogP contribution is -2.13. The topological polar surface area (TPSA) is 40.5 Å². The Morgan fingerprint density at radius 2 is 1.92 bits per heavy atom. The molecule has 0 atom stereocenters. The Morgan fingerprint density at radius 3 is 1.92 bits per heavy atom. The summed E-state index contributed by atoms with van der Waals surface area (Å²) in [5.74, 6) is -0.935. The lowest BCUT2D eigenvalue weighted by Gasteiger charge is -2.03. The van der Waals surface area contributed by atoms with Gasteiger partial charge in [0.15, 0.2) is 0 Å². The van der Waals surface area contributed by atoms with Gasteiger partial charge in [0.25, 0.3) is 0 Å². The van der Waals surface area contributed by atoms with Gasteiger partial charge in [0.1, 0.15) is 0 Å². The molecule has 0 aromatic carbocycles. The Bertz CT molecular complexity index is 134. The van der Waals surface area contributed by atoms with Crippen molar-refractivity contribution in [1.29, 1.82) is 0 Å². The Balaban J connectivity index is 0. The molecular weight excluding hydrogens is 222 g/mol. The standard InChI is InChI=1S/C4H10BrN.C4H6O2/c1-6(2)4-3-5;1-3(2)4(5)6/h3-4H2,1-2H3;1H2,2H3,(H,5,6). The number of alkyl halides is 1. The highest BCUT2D eigenvalue weighted by Gasteiger charge is 1.90. The van der Waals surface area contributed by atoms with E-state index in [1.165, 1.54) is 6.92 Å². The highest BCUT2D eigenvalue weighted by molar-refractivity contribution is 9.09. The molecule has 0 aliphatic carbocycles. The van der Waals surface area contributed by atoms with Crippen molar-refractivity contribution >= 4 is 21.9 Å². The van der Waals surface area contributed by atoms with Crippen LogP contribution >= 0.6 is 15.9 Å². The number of aliphatic carboxylic acids is 1. The summed E-state index contributed by atoms with van der Waals surface area (Å²) in [5.41, 5.74) is 0.176. The minimum atomic E-state index is -0.935. The molecule has 3 nitrogen and oxygen atoms in total. The number of carboxylic acids is 1. The van der Waals surface area contributed by atoms with Crippen molar-refractivity contribution in [2.75, 3.05) is 26.0 Å². The smallest absolute Gasteiger partial charge is 0.330 e. The van der Waals surface area contributed by atoms with Gasteiger partial charge in [-0.3, -0.25) is 0 Å². The van der Waals surface area contributed by atoms with Gasteiger partial charge in [-0.15, -0.1) is 0 Å². The summed E-state index contributed by atoms with van der Waals surface area (Å²) in [7, 11) is 4.11. The fraction of sp³-hybridized carbons (Fsp3) is 0.625. The van der Waals surface area contributed by atoms with Gasteiger partial charge in [-0.05, 0) is 21.0 Å². The van der Waals surface area contributed by atoms with Crippen LogP contribution in [0.2, 0.25) is 0 Å². The molecule has 0 amide bonds. The molecule has 0 saturated heterocycles. The number of hydrogen-bond donors (Lipinski definition) is 1. The number of halogens is 1. The molecule has 0 spiro atoms. The summed E-state index contributed by atoms with van der Waals surface area (Å²) < 4.78 is 0. The fourth-order valence-electron chi connectivity index (χ4n) is 0.169. The number of carbonyl (C=O) groups is 1. The molecule has 0 saturated carbocycles. The lowest BCUT2D eigenvalue weighted by atomic mass is 10.4. The van der Waals surface area contributed by atoms with Gasteiger partial charge in [-0.2, -0.15) is 0 Å². The highest BCUT2D eigenvalue weighted by Crippen LogP contribution is 1.81. The van der Waals surface area contributed by atoms with Gasteiger partial charge >= 0.3 is 5.97 Å². The summed E-state index contributed by atoms with van der Waals surface area (Å²) in [6.45, 7) is 5.73. The zero-order chi connectivity index (χ0) is 10.1. The SMILES string of the molecule is C=C(C)C(=O)O.CN(C)CCBr. The van der Waals surface area contributed by atoms with E-state index in [-0.39, 0.29) is 5.57 Å². The number of carboxylic acid groups (broad SMARTS) is 1. The minimum absolute atomic E-state index is 0.176. The van der Waals surface area contributed by atoms with Crippen LogP contribution in [0.5, 0.6) is 0 Å². The van der Waals surface area contributed by atoms with Crippen LogP contribution in [0.4, 0.5) is 0 Å². The second-order valence-electron chi connectivity index (χ2n) is 2.58. The van der Waals surface area contributed by atoms with Gasteiger partial charge in [-0.1, -0.05) is 22.5 Å². The van der Waals surface area contributed by atoms with E-state index in [0.29, 0.717) is 0 Å². The first-order valence-corrected chi connectivity index (χ1v) is 4.63. The van der Waals surface area contributed by atoms with E-state index in [1.807, 2.05) is 0 Å². The molecule has 0 unspecified atom stereocenters. The summed E-state index contributed by atoms with van der Waals surface area (Å²) in [6, 6.07) is 0. The highest BCUT2D eigenvalue weighted by atomic mass is 79.9. The van der Waals surface area contributed by atoms with Gasteiger partial charge in [0, 0.05) is 17.4 Å². The van der Waals surface area contributed by atoms with E-state index in [1.54, 1.807) is 0 Å². The first kappa shape index (κ1) is 14.2. The normalized spacial score (nSPS) is 8.75. The van der Waals surface area contributed by atoms with Crippen molar-refractivity contribution in [3.05, 3.63) is 12.2 Å². The van der Waals surface area contributed by atoms with E-state index >= 15 is 0 Å². The summed E-state index contributed by atoms with van der Waals surface area (Å²) in [6.07, 6.45) is 0. The van der Waals surface area contributed by atoms with Crippen LogP contribution in [-0.4, -0.2) is 41.9 Å². The summed E-state index contributed by atoms with van der Waals surface area (Å²) in [5, 5.41) is 8.96. The predicted octanol–water partition coefficient (Wildman–Crippen LogP) is 1.59. The van der Waals surface area contributed by atoms with E-state index in [0.717, 1.165) is 11.9 Å². The van der Waals surface area contributed by atoms with Gasteiger partial charge in [0.2, 0.25) is 0 Å². The molecular formula is C8H16BrNO2. The average Bonchev–Trinajstić information content (AvgIpc) is 1.87. The second-order valence-corrected chi connectivity index (χ2v) is 3.37. The van der Waals surface area contributed by atoms with Crippen LogP contribution in [0.25, 0.3) is 0 Å². The Morgan fingerprint density at radius 1 is 1.58 bits per heavy atom. The van der Waals surface area contributed by atoms with E-state index in [2.05, 4.69) is 41.5 Å². The lowest BCUT2D eigenvalue weighted by molar-refractivity contribution is -0.132. The molecule has 72 valence electrons. The molecule has 0 aromatic rings. The molecule has 0 rings (SSSR count). The maximum Gasteiger partial charge on any atom is 0.330 e. The number of nitrogens with zero attached hydrogens (tertiary/aromatic N) is 1. The quantitative estimate of drug-likeness (QED) is 0.599. The van der Waals surface area contributed by atoms with Crippen LogP contribution < -0.4 is 0 Å². The van der Waals surface area contributed by atoms with Crippen LogP contribution in [0, 0.1) is 0 Å². The molecule has 0 fully saturated rings. The molecule has 0 bridgehead atoms. The first-order chi connectivity index (χ1) is 5.41. The Kier molecular flexibility index (Phi) is 10.3. The average molecular weight is 238 g/mol. The van der Waals surface area contributed by atoms with Crippen molar-refractivity contribution in [3.63, 3.8) is 0 Å². The van der Waals surface area contributed by atoms with Gasteiger partial charge in [0.05, 0.1) is 0 Å². The second kappa shape index (κ2) is 8.74. The molecule has 4 heteroatoms. The van der Waals surface area contributed by atoms with Crippen LogP contribution in [0.3, 0.4) is 0 Å². The zero-order valence-electron chi connectivity index (χ0n) is 7.80. The first-order valence-electron chi connectivity index (χ1n) is 3.51. The van der Waals surface area contributed by atoms with Crippen molar-refractivity contribution in [3.8, 4) is 0 Å². The molecule has 1 N–H and O–H groups in total. The summed E-state index contributed by atoms with van der Waals surface area (Å²) in [4.78, 5) is 11.7. The van der Waals surface area contributed by atoms with E-state index < -0.39 is 5.97 Å². The van der Waals surface area contributed by atoms with Crippen molar-refractivity contribution in [1.82, 2.24) is 4.90 Å². The van der Waals surface area contributed by atoms with Crippen molar-refractivity contribution in [2.45, 2.75) is 6.92 Å². The largest absolute Gasteiger partial charge is 0.478 e. The monoisotopic (exact) mass is 237 g/mol. The van der Waals surface area contributed by atoms with E-state index in [4.69, 9.17) is 5.11 Å². The molecule has 0 aromatic heterocycles. The van der Waals surface area contributed by atoms with E-state index in [9.17, 15) is 4.79 Å². The number of rotatable bonds is 3. The van der Waals surface area contributed by atoms with Gasteiger partial charge in [-0.25, -0.2) is 4.79 Å². The molecule has 12 heavy (non-hydrogen) atoms. The Hall–Kier alpha value is -0.350. The maximum atomic E-state index is 9.60. The summed E-state index contributed by atoms with van der Waals surface area (Å²) >= 11 is 3.31. The van der Waals surface area contributed by atoms with Crippen molar-refractivity contribution in [2.24, 2.45) is 0 Å². The van der Waals surface area contributed by atoms with Crippen molar-refractivity contribution < 1.29 is 9.90 Å². The fourth-order valence-corrected chi connectivity index (χ4v) is 0.878. The van der Waals surface area contributed by atoms with Crippen LogP contribution in [0.15, 0.2) is 12.2 Å². The molecule has 0 heterocycles. The third-order valence-electron chi connectivity index (χ3n) is 0.897. The van der Waals surface area contributed by atoms with Crippen LogP contribution in [-0.2, 0) is 4.79 Å². The third kappa shape index (κ3) is 16.3. The zero-order valence-corrected chi connectivity index (χ0v) is 9.39. The molecule has 0 radical (unpaired) electrons. The minimum Gasteiger partial charge on any atom is -0.478 e. The molecule has 0 aliphatic heterocycles. The van der Waals surface area contributed by atoms with Crippen LogP contribution in [0.1, 0.15) is 6.92 Å². The maximum absolute atomic E-state index is 9.60. The Labute approximate surface area is 82.2 Å². The van der Waals surface area contributed by atoms with Gasteiger partial charge < -0.3 is 10.0 Å². The predicted molar refractivity (Wildman–Crippen MR) is 54.8 cm³/mol.